The Labute approximate surface area is 107 Å². The molecule has 0 atom stereocenters. The summed E-state index contributed by atoms with van der Waals surface area (Å²) in [5.74, 6) is 2.38. The fraction of sp³-hybridized carbons (Fsp3) is 0.462. The molecule has 0 amide bonds. The van der Waals surface area contributed by atoms with Crippen molar-refractivity contribution in [1.82, 2.24) is 19.5 Å². The number of anilines is 1. The lowest BCUT2D eigenvalue weighted by atomic mass is 10.1. The van der Waals surface area contributed by atoms with Gasteiger partial charge in [-0.15, -0.1) is 0 Å². The van der Waals surface area contributed by atoms with E-state index in [1.165, 1.54) is 0 Å². The van der Waals surface area contributed by atoms with E-state index >= 15 is 0 Å². The maximum atomic E-state index is 5.92. The van der Waals surface area contributed by atoms with Crippen LogP contribution in [-0.4, -0.2) is 19.5 Å². The van der Waals surface area contributed by atoms with Gasteiger partial charge in [-0.05, 0) is 13.8 Å². The molecule has 2 heterocycles. The van der Waals surface area contributed by atoms with Crippen LogP contribution in [-0.2, 0) is 19.4 Å². The van der Waals surface area contributed by atoms with Gasteiger partial charge in [0.2, 0.25) is 0 Å². The quantitative estimate of drug-likeness (QED) is 0.890. The van der Waals surface area contributed by atoms with Crippen molar-refractivity contribution >= 4 is 5.82 Å². The largest absolute Gasteiger partial charge is 0.383 e. The summed E-state index contributed by atoms with van der Waals surface area (Å²) in [6, 6.07) is 0. The fourth-order valence-corrected chi connectivity index (χ4v) is 1.91. The summed E-state index contributed by atoms with van der Waals surface area (Å²) in [5.41, 5.74) is 7.85. The Morgan fingerprint density at radius 3 is 2.72 bits per heavy atom. The molecule has 2 aromatic heterocycles. The lowest BCUT2D eigenvalue weighted by Gasteiger charge is -2.10. The SMILES string of the molecule is CCc1nc(N)c(C)c(Cc2nccn2CC)n1. The molecule has 0 aliphatic heterocycles. The van der Waals surface area contributed by atoms with E-state index in [1.54, 1.807) is 0 Å². The summed E-state index contributed by atoms with van der Waals surface area (Å²) in [4.78, 5) is 13.2. The number of nitrogens with zero attached hydrogens (tertiary/aromatic N) is 4. The Balaban J connectivity index is 2.36. The van der Waals surface area contributed by atoms with Crippen LogP contribution in [0.1, 0.15) is 36.8 Å². The van der Waals surface area contributed by atoms with E-state index in [-0.39, 0.29) is 0 Å². The van der Waals surface area contributed by atoms with Crippen molar-refractivity contribution in [3.05, 3.63) is 35.3 Å². The Morgan fingerprint density at radius 1 is 1.28 bits per heavy atom. The van der Waals surface area contributed by atoms with Gasteiger partial charge in [-0.2, -0.15) is 0 Å². The third kappa shape index (κ3) is 2.34. The molecule has 0 fully saturated rings. The standard InChI is InChI=1S/C13H19N5/c1-4-11-16-10(9(3)13(14)17-11)8-12-15-6-7-18(12)5-2/h6-7H,4-5,8H2,1-3H3,(H2,14,16,17). The van der Waals surface area contributed by atoms with Gasteiger partial charge in [0.25, 0.3) is 0 Å². The molecule has 0 aliphatic rings. The third-order valence-corrected chi connectivity index (χ3v) is 3.11. The summed E-state index contributed by atoms with van der Waals surface area (Å²) in [6.07, 6.45) is 5.29. The molecule has 0 saturated heterocycles. The molecule has 0 radical (unpaired) electrons. The minimum Gasteiger partial charge on any atom is -0.383 e. The van der Waals surface area contributed by atoms with E-state index in [4.69, 9.17) is 5.73 Å². The molecule has 0 spiro atoms. The van der Waals surface area contributed by atoms with E-state index < -0.39 is 0 Å². The first-order valence-electron chi connectivity index (χ1n) is 6.27. The zero-order valence-electron chi connectivity index (χ0n) is 11.1. The maximum absolute atomic E-state index is 5.92. The number of hydrogen-bond donors (Lipinski definition) is 1. The molecule has 2 aromatic rings. The zero-order valence-corrected chi connectivity index (χ0v) is 11.1. The number of aromatic nitrogens is 4. The highest BCUT2D eigenvalue weighted by molar-refractivity contribution is 5.42. The smallest absolute Gasteiger partial charge is 0.130 e. The van der Waals surface area contributed by atoms with Gasteiger partial charge in [-0.1, -0.05) is 6.92 Å². The molecule has 2 N–H and O–H groups in total. The summed E-state index contributed by atoms with van der Waals surface area (Å²) >= 11 is 0. The normalized spacial score (nSPS) is 10.8. The van der Waals surface area contributed by atoms with E-state index in [0.29, 0.717) is 12.2 Å². The molecule has 0 bridgehead atoms. The Hall–Kier alpha value is -1.91. The second kappa shape index (κ2) is 5.16. The monoisotopic (exact) mass is 245 g/mol. The summed E-state index contributed by atoms with van der Waals surface area (Å²) in [7, 11) is 0. The van der Waals surface area contributed by atoms with Crippen LogP contribution in [0, 0.1) is 6.92 Å². The topological polar surface area (TPSA) is 69.6 Å². The van der Waals surface area contributed by atoms with Crippen LogP contribution in [0.3, 0.4) is 0 Å². The summed E-state index contributed by atoms with van der Waals surface area (Å²) < 4.78 is 2.11. The van der Waals surface area contributed by atoms with E-state index in [1.807, 2.05) is 26.2 Å². The average Bonchev–Trinajstić information content (AvgIpc) is 2.81. The first-order valence-corrected chi connectivity index (χ1v) is 6.27. The summed E-state index contributed by atoms with van der Waals surface area (Å²) in [5, 5.41) is 0. The van der Waals surface area contributed by atoms with Crippen molar-refractivity contribution < 1.29 is 0 Å². The van der Waals surface area contributed by atoms with Gasteiger partial charge in [0, 0.05) is 37.3 Å². The molecule has 5 nitrogen and oxygen atoms in total. The third-order valence-electron chi connectivity index (χ3n) is 3.11. The molecule has 0 aliphatic carbocycles. The minimum atomic E-state index is 0.575. The molecule has 2 rings (SSSR count). The molecule has 96 valence electrons. The van der Waals surface area contributed by atoms with Gasteiger partial charge in [0.1, 0.15) is 17.5 Å². The Bertz CT molecular complexity index is 544. The second-order valence-corrected chi connectivity index (χ2v) is 4.26. The lowest BCUT2D eigenvalue weighted by Crippen LogP contribution is -2.10. The van der Waals surface area contributed by atoms with Crippen molar-refractivity contribution in [3.8, 4) is 0 Å². The van der Waals surface area contributed by atoms with Crippen LogP contribution in [0.5, 0.6) is 0 Å². The average molecular weight is 245 g/mol. The van der Waals surface area contributed by atoms with E-state index in [9.17, 15) is 0 Å². The van der Waals surface area contributed by atoms with Crippen molar-refractivity contribution in [2.24, 2.45) is 0 Å². The summed E-state index contributed by atoms with van der Waals surface area (Å²) in [6.45, 7) is 7.00. The maximum Gasteiger partial charge on any atom is 0.130 e. The van der Waals surface area contributed by atoms with Gasteiger partial charge < -0.3 is 10.3 Å². The predicted molar refractivity (Wildman–Crippen MR) is 71.3 cm³/mol. The number of nitrogen functional groups attached to an aromatic ring is 1. The van der Waals surface area contributed by atoms with Crippen molar-refractivity contribution in [1.29, 1.82) is 0 Å². The number of imidazole rings is 1. The van der Waals surface area contributed by atoms with E-state index in [2.05, 4.69) is 26.4 Å². The first-order chi connectivity index (χ1) is 8.65. The lowest BCUT2D eigenvalue weighted by molar-refractivity contribution is 0.704. The van der Waals surface area contributed by atoms with Crippen LogP contribution in [0.4, 0.5) is 5.82 Å². The van der Waals surface area contributed by atoms with Crippen LogP contribution < -0.4 is 5.73 Å². The van der Waals surface area contributed by atoms with Crippen molar-refractivity contribution in [2.45, 2.75) is 40.2 Å². The Kier molecular flexibility index (Phi) is 3.60. The van der Waals surface area contributed by atoms with Gasteiger partial charge >= 0.3 is 0 Å². The van der Waals surface area contributed by atoms with Crippen molar-refractivity contribution in [3.63, 3.8) is 0 Å². The molecule has 0 saturated carbocycles. The van der Waals surface area contributed by atoms with Crippen molar-refractivity contribution in [2.75, 3.05) is 5.73 Å². The molecule has 18 heavy (non-hydrogen) atoms. The molecule has 0 aromatic carbocycles. The fourth-order valence-electron chi connectivity index (χ4n) is 1.91. The number of hydrogen-bond acceptors (Lipinski definition) is 4. The highest BCUT2D eigenvalue weighted by atomic mass is 15.1. The highest BCUT2D eigenvalue weighted by Gasteiger charge is 2.11. The first kappa shape index (κ1) is 12.5. The van der Waals surface area contributed by atoms with E-state index in [0.717, 1.165) is 35.9 Å². The van der Waals surface area contributed by atoms with Crippen LogP contribution in [0.25, 0.3) is 0 Å². The highest BCUT2D eigenvalue weighted by Crippen LogP contribution is 2.16. The Morgan fingerprint density at radius 2 is 2.06 bits per heavy atom. The molecular formula is C13H19N5. The number of nitrogens with two attached hydrogens (primary N) is 1. The van der Waals surface area contributed by atoms with Gasteiger partial charge in [0.15, 0.2) is 0 Å². The molecular weight excluding hydrogens is 226 g/mol. The molecule has 5 heteroatoms. The number of aryl methyl sites for hydroxylation is 2. The second-order valence-electron chi connectivity index (χ2n) is 4.26. The number of rotatable bonds is 4. The zero-order chi connectivity index (χ0) is 13.1. The van der Waals surface area contributed by atoms with Gasteiger partial charge in [-0.25, -0.2) is 15.0 Å². The predicted octanol–water partition coefficient (Wildman–Crippen LogP) is 1.74. The molecule has 0 unspecified atom stereocenters. The van der Waals surface area contributed by atoms with Crippen LogP contribution in [0.2, 0.25) is 0 Å². The van der Waals surface area contributed by atoms with Gasteiger partial charge in [0.05, 0.1) is 5.69 Å². The minimum absolute atomic E-state index is 0.575. The van der Waals surface area contributed by atoms with Gasteiger partial charge in [-0.3, -0.25) is 0 Å². The van der Waals surface area contributed by atoms with Crippen LogP contribution in [0.15, 0.2) is 12.4 Å². The van der Waals surface area contributed by atoms with Crippen LogP contribution >= 0.6 is 0 Å².